The monoisotopic (exact) mass is 944 g/mol. The van der Waals surface area contributed by atoms with Crippen molar-refractivity contribution in [1.82, 2.24) is 21.3 Å². The Balaban J connectivity index is 1.27. The van der Waals surface area contributed by atoms with Crippen LogP contribution in [-0.4, -0.2) is 98.3 Å². The van der Waals surface area contributed by atoms with Crippen LogP contribution in [0.4, 0.5) is 10.5 Å². The van der Waals surface area contributed by atoms with Crippen LogP contribution >= 0.6 is 0 Å². The molecule has 0 aromatic heterocycles. The molecule has 0 fully saturated rings. The van der Waals surface area contributed by atoms with Crippen LogP contribution in [0.5, 0.6) is 0 Å². The van der Waals surface area contributed by atoms with Crippen molar-refractivity contribution in [2.45, 2.75) is 75.8 Å². The number of hydrogen-bond acceptors (Lipinski definition) is 10. The fraction of sp³-hybridized carbons (Fsp3) is 0.375. The SMILES string of the molecule is Cc1ccc(NC(=O)[C@H](CCCNC(N)=O)NC(=O)[C@@H](NC(=O)CCOCCNC(=O)c2ccc(C(=O)C(C[S+]([O-])c3ccc(C)cc3)CS(=O)(=O)c3ccc(C)cc3)cc2)C(C)C)cc1. The minimum absolute atomic E-state index is 0.0190. The molecule has 66 heavy (non-hydrogen) atoms. The number of ketones is 1. The summed E-state index contributed by atoms with van der Waals surface area (Å²) in [5, 5.41) is 13.4. The molecule has 0 radical (unpaired) electrons. The van der Waals surface area contributed by atoms with Gasteiger partial charge >= 0.3 is 6.03 Å². The number of nitrogens with two attached hydrogens (primary N) is 1. The molecular formula is C48H60N6O10S2. The molecule has 0 heterocycles. The fourth-order valence-electron chi connectivity index (χ4n) is 6.60. The molecule has 4 aromatic rings. The Morgan fingerprint density at radius 3 is 1.88 bits per heavy atom. The molecule has 4 atom stereocenters. The second-order valence-corrected chi connectivity index (χ2v) is 19.8. The van der Waals surface area contributed by atoms with Crippen LogP contribution in [-0.2, 0) is 40.1 Å². The van der Waals surface area contributed by atoms with Gasteiger partial charge in [-0.05, 0) is 99.2 Å². The van der Waals surface area contributed by atoms with Gasteiger partial charge in [0, 0.05) is 36.3 Å². The second kappa shape index (κ2) is 25.6. The largest absolute Gasteiger partial charge is 0.611 e. The summed E-state index contributed by atoms with van der Waals surface area (Å²) in [7, 11) is -3.93. The van der Waals surface area contributed by atoms with E-state index in [4.69, 9.17) is 10.5 Å². The molecule has 0 aliphatic rings. The standard InChI is InChI=1S/C48H60N6O10S2/c1-31(2)43(47(59)53-41(7-6-25-51-48(49)60)46(58)52-38-18-8-32(3)9-19-38)54-42(55)24-27-64-28-26-50-45(57)36-16-14-35(15-17-36)44(56)37(29-65(61)39-20-10-33(4)11-21-39)30-66(62,63)40-22-12-34(5)13-23-40/h8-23,31,37,41,43H,6-7,24-30H2,1-5H3,(H,50,57)(H,52,58)(H,53,59)(H,54,55)(H3,49,51,60)/t37?,41-,43-,65?/m0/s1. The smallest absolute Gasteiger partial charge is 0.312 e. The molecule has 16 nitrogen and oxygen atoms in total. The van der Waals surface area contributed by atoms with E-state index in [0.717, 1.165) is 16.7 Å². The first kappa shape index (κ1) is 52.5. The van der Waals surface area contributed by atoms with Gasteiger partial charge in [0.25, 0.3) is 5.91 Å². The van der Waals surface area contributed by atoms with Gasteiger partial charge in [-0.15, -0.1) is 0 Å². The number of nitrogens with one attached hydrogen (secondary N) is 5. The highest BCUT2D eigenvalue weighted by Gasteiger charge is 2.33. The third kappa shape index (κ3) is 17.0. The molecular weight excluding hydrogens is 885 g/mol. The summed E-state index contributed by atoms with van der Waals surface area (Å²) >= 11 is -1.67. The molecule has 0 spiro atoms. The number of Topliss-reactive ketones (excluding diaryl/α,β-unsaturated/α-hetero) is 1. The summed E-state index contributed by atoms with van der Waals surface area (Å²) in [6.07, 6.45) is 0.426. The predicted molar refractivity (Wildman–Crippen MR) is 253 cm³/mol. The van der Waals surface area contributed by atoms with Crippen molar-refractivity contribution in [2.24, 2.45) is 17.6 Å². The van der Waals surface area contributed by atoms with E-state index in [9.17, 15) is 41.7 Å². The highest BCUT2D eigenvalue weighted by molar-refractivity contribution is 7.92. The van der Waals surface area contributed by atoms with E-state index in [2.05, 4.69) is 26.6 Å². The number of urea groups is 1. The highest BCUT2D eigenvalue weighted by Crippen LogP contribution is 2.23. The number of carbonyl (C=O) groups excluding carboxylic acids is 6. The number of anilines is 1. The minimum atomic E-state index is -3.93. The van der Waals surface area contributed by atoms with Gasteiger partial charge in [-0.1, -0.05) is 79.1 Å². The topological polar surface area (TPSA) is 255 Å². The molecule has 354 valence electrons. The molecule has 4 aromatic carbocycles. The highest BCUT2D eigenvalue weighted by atomic mass is 32.2. The van der Waals surface area contributed by atoms with Gasteiger partial charge < -0.3 is 41.6 Å². The zero-order chi connectivity index (χ0) is 48.4. The maximum absolute atomic E-state index is 13.9. The number of primary amides is 1. The summed E-state index contributed by atoms with van der Waals surface area (Å²) in [5.41, 5.74) is 8.92. The lowest BCUT2D eigenvalue weighted by atomic mass is 9.99. The molecule has 0 aliphatic heterocycles. The van der Waals surface area contributed by atoms with Gasteiger partial charge in [-0.3, -0.25) is 24.0 Å². The van der Waals surface area contributed by atoms with Crippen molar-refractivity contribution in [2.75, 3.05) is 43.1 Å². The van der Waals surface area contributed by atoms with Crippen molar-refractivity contribution >= 4 is 62.1 Å². The average Bonchev–Trinajstić information content (AvgIpc) is 3.28. The summed E-state index contributed by atoms with van der Waals surface area (Å²) in [4.78, 5) is 78.0. The lowest BCUT2D eigenvalue weighted by molar-refractivity contribution is -0.132. The van der Waals surface area contributed by atoms with Crippen molar-refractivity contribution in [3.8, 4) is 0 Å². The first-order chi connectivity index (χ1) is 31.3. The number of sulfone groups is 1. The van der Waals surface area contributed by atoms with Crippen LogP contribution < -0.4 is 32.3 Å². The van der Waals surface area contributed by atoms with E-state index in [-0.39, 0.29) is 66.8 Å². The van der Waals surface area contributed by atoms with Crippen molar-refractivity contribution in [3.63, 3.8) is 0 Å². The van der Waals surface area contributed by atoms with Crippen LogP contribution in [0, 0.1) is 32.6 Å². The van der Waals surface area contributed by atoms with Crippen LogP contribution in [0.25, 0.3) is 0 Å². The summed E-state index contributed by atoms with van der Waals surface area (Å²) in [6.45, 7) is 9.45. The van der Waals surface area contributed by atoms with Crippen molar-refractivity contribution in [3.05, 3.63) is 125 Å². The van der Waals surface area contributed by atoms with Crippen LogP contribution in [0.1, 0.15) is 70.5 Å². The van der Waals surface area contributed by atoms with Gasteiger partial charge in [0.15, 0.2) is 20.5 Å². The molecule has 2 unspecified atom stereocenters. The summed E-state index contributed by atoms with van der Waals surface area (Å²) < 4.78 is 45.9. The summed E-state index contributed by atoms with van der Waals surface area (Å²) in [6, 6.07) is 23.5. The van der Waals surface area contributed by atoms with Gasteiger partial charge in [0.1, 0.15) is 17.8 Å². The van der Waals surface area contributed by atoms with E-state index < -0.39 is 80.2 Å². The Labute approximate surface area is 389 Å². The number of amides is 6. The lowest BCUT2D eigenvalue weighted by Gasteiger charge is -2.25. The maximum Gasteiger partial charge on any atom is 0.312 e. The Morgan fingerprint density at radius 1 is 0.712 bits per heavy atom. The summed E-state index contributed by atoms with van der Waals surface area (Å²) in [5.74, 6) is -4.74. The van der Waals surface area contributed by atoms with Gasteiger partial charge in [0.05, 0.1) is 29.8 Å². The van der Waals surface area contributed by atoms with Crippen LogP contribution in [0.2, 0.25) is 0 Å². The van der Waals surface area contributed by atoms with E-state index in [1.165, 1.54) is 36.4 Å². The number of benzene rings is 4. The van der Waals surface area contributed by atoms with E-state index in [1.807, 2.05) is 32.9 Å². The first-order valence-corrected chi connectivity index (χ1v) is 24.5. The number of carbonyl (C=O) groups is 6. The zero-order valence-corrected chi connectivity index (χ0v) is 39.5. The third-order valence-corrected chi connectivity index (χ3v) is 13.8. The quantitative estimate of drug-likeness (QED) is 0.0307. The van der Waals surface area contributed by atoms with E-state index in [0.29, 0.717) is 17.0 Å². The predicted octanol–water partition coefficient (Wildman–Crippen LogP) is 4.54. The van der Waals surface area contributed by atoms with Crippen molar-refractivity contribution < 1.29 is 46.5 Å². The number of aryl methyl sites for hydroxylation is 3. The van der Waals surface area contributed by atoms with Gasteiger partial charge in [0.2, 0.25) is 17.7 Å². The van der Waals surface area contributed by atoms with Gasteiger partial charge in [-0.25, -0.2) is 13.2 Å². The normalized spacial score (nSPS) is 13.1. The Bertz CT molecular complexity index is 2380. The fourth-order valence-corrected chi connectivity index (χ4v) is 9.56. The number of hydrogen-bond donors (Lipinski definition) is 6. The van der Waals surface area contributed by atoms with Crippen LogP contribution in [0.3, 0.4) is 0 Å². The zero-order valence-electron chi connectivity index (χ0n) is 37.9. The van der Waals surface area contributed by atoms with E-state index in [1.54, 1.807) is 62.4 Å². The van der Waals surface area contributed by atoms with Gasteiger partial charge in [-0.2, -0.15) is 0 Å². The number of rotatable bonds is 25. The van der Waals surface area contributed by atoms with Crippen molar-refractivity contribution in [1.29, 1.82) is 0 Å². The maximum atomic E-state index is 13.9. The molecule has 0 saturated heterocycles. The molecule has 6 amide bonds. The van der Waals surface area contributed by atoms with Crippen LogP contribution in [0.15, 0.2) is 107 Å². The first-order valence-electron chi connectivity index (χ1n) is 21.6. The Hall–Kier alpha value is -6.08. The lowest BCUT2D eigenvalue weighted by Crippen LogP contribution is -2.54. The second-order valence-electron chi connectivity index (χ2n) is 16.3. The minimum Gasteiger partial charge on any atom is -0.611 e. The molecule has 7 N–H and O–H groups in total. The Morgan fingerprint density at radius 2 is 1.29 bits per heavy atom. The third-order valence-electron chi connectivity index (χ3n) is 10.4. The Kier molecular flexibility index (Phi) is 20.4. The molecule has 0 bridgehead atoms. The molecule has 4 rings (SSSR count). The number of ether oxygens (including phenoxy) is 1. The molecule has 0 aliphatic carbocycles. The average molecular weight is 945 g/mol. The molecule has 0 saturated carbocycles. The van der Waals surface area contributed by atoms with E-state index >= 15 is 0 Å². The molecule has 18 heteroatoms.